The van der Waals surface area contributed by atoms with Crippen molar-refractivity contribution in [2.75, 3.05) is 13.7 Å². The lowest BCUT2D eigenvalue weighted by Crippen LogP contribution is -2.10. The van der Waals surface area contributed by atoms with Crippen LogP contribution in [-0.4, -0.2) is 24.7 Å². The molecule has 0 aliphatic carbocycles. The van der Waals surface area contributed by atoms with Gasteiger partial charge < -0.3 is 14.5 Å². The molecule has 3 aromatic carbocycles. The second kappa shape index (κ2) is 9.56. The largest absolute Gasteiger partial charge is 0.495 e. The van der Waals surface area contributed by atoms with Gasteiger partial charge in [0.05, 0.1) is 29.9 Å². The highest BCUT2D eigenvalue weighted by molar-refractivity contribution is 7.22. The highest BCUT2D eigenvalue weighted by Crippen LogP contribution is 2.42. The molecule has 0 radical (unpaired) electrons. The zero-order chi connectivity index (χ0) is 24.5. The number of fused-ring (bicyclic) bond motifs is 2. The molecule has 0 amide bonds. The Bertz CT molecular complexity index is 1640. The molecule has 2 aromatic heterocycles. The van der Waals surface area contributed by atoms with Crippen LogP contribution in [0.25, 0.3) is 42.6 Å². The lowest BCUT2D eigenvalue weighted by atomic mass is 10.0. The minimum atomic E-state index is -0.295. The number of esters is 1. The van der Waals surface area contributed by atoms with Gasteiger partial charge in [-0.05, 0) is 59.2 Å². The first-order valence-corrected chi connectivity index (χ1v) is 12.3. The summed E-state index contributed by atoms with van der Waals surface area (Å²) in [6.45, 7) is 2.11. The number of H-pyrrole nitrogens is 1. The Hall–Kier alpha value is -3.61. The number of thiophene rings is 1. The van der Waals surface area contributed by atoms with E-state index >= 15 is 0 Å². The van der Waals surface area contributed by atoms with E-state index in [2.05, 4.69) is 11.1 Å². The van der Waals surface area contributed by atoms with Gasteiger partial charge in [-0.25, -0.2) is 0 Å². The van der Waals surface area contributed by atoms with Crippen LogP contribution in [0.3, 0.4) is 0 Å². The number of carbonyl (C=O) groups is 1. The first-order valence-electron chi connectivity index (χ1n) is 11.1. The smallest absolute Gasteiger partial charge is 0.310 e. The summed E-state index contributed by atoms with van der Waals surface area (Å²) in [5.41, 5.74) is 3.37. The van der Waals surface area contributed by atoms with Crippen LogP contribution in [0.2, 0.25) is 5.02 Å². The summed E-state index contributed by atoms with van der Waals surface area (Å²) in [6, 6.07) is 21.1. The second-order valence-electron chi connectivity index (χ2n) is 8.10. The molecule has 0 saturated carbocycles. The molecule has 35 heavy (non-hydrogen) atoms. The van der Waals surface area contributed by atoms with E-state index in [1.807, 2.05) is 54.6 Å². The van der Waals surface area contributed by atoms with Gasteiger partial charge in [0, 0.05) is 21.5 Å². The van der Waals surface area contributed by atoms with E-state index in [-0.39, 0.29) is 17.9 Å². The molecule has 1 N–H and O–H groups in total. The van der Waals surface area contributed by atoms with Crippen LogP contribution in [0.4, 0.5) is 0 Å². The topological polar surface area (TPSA) is 68.4 Å². The molecular weight excluding hydrogens is 482 g/mol. The Morgan fingerprint density at radius 3 is 2.60 bits per heavy atom. The number of methoxy groups -OCH3 is 1. The molecule has 0 atom stereocenters. The Kier molecular flexibility index (Phi) is 6.32. The summed E-state index contributed by atoms with van der Waals surface area (Å²) >= 11 is 8.27. The van der Waals surface area contributed by atoms with Crippen molar-refractivity contribution in [1.29, 1.82) is 0 Å². The predicted molar refractivity (Wildman–Crippen MR) is 143 cm³/mol. The van der Waals surface area contributed by atoms with Crippen molar-refractivity contribution in [2.45, 2.75) is 13.3 Å². The zero-order valence-corrected chi connectivity index (χ0v) is 20.8. The number of ether oxygens (including phenoxy) is 2. The molecular formula is C28H22ClNO4S. The summed E-state index contributed by atoms with van der Waals surface area (Å²) in [5, 5.41) is 2.50. The minimum absolute atomic E-state index is 0.155. The quantitative estimate of drug-likeness (QED) is 0.257. The number of halogens is 1. The number of benzene rings is 3. The molecule has 0 unspecified atom stereocenters. The van der Waals surface area contributed by atoms with Crippen LogP contribution in [0.5, 0.6) is 5.75 Å². The molecule has 0 fully saturated rings. The first kappa shape index (κ1) is 23.1. The molecule has 0 bridgehead atoms. The van der Waals surface area contributed by atoms with Gasteiger partial charge in [0.2, 0.25) is 0 Å². The van der Waals surface area contributed by atoms with Crippen LogP contribution in [0.15, 0.2) is 71.5 Å². The molecule has 5 rings (SSSR count). The Labute approximate surface area is 210 Å². The Morgan fingerprint density at radius 1 is 1.00 bits per heavy atom. The number of rotatable bonds is 6. The van der Waals surface area contributed by atoms with Crippen LogP contribution >= 0.6 is 22.9 Å². The maximum Gasteiger partial charge on any atom is 0.310 e. The summed E-state index contributed by atoms with van der Waals surface area (Å²) in [6.07, 6.45) is 0.155. The van der Waals surface area contributed by atoms with Gasteiger partial charge in [-0.2, -0.15) is 0 Å². The fourth-order valence-corrected chi connectivity index (χ4v) is 5.69. The number of carbonyl (C=O) groups excluding carboxylic acids is 1. The van der Waals surface area contributed by atoms with E-state index in [9.17, 15) is 9.59 Å². The lowest BCUT2D eigenvalue weighted by molar-refractivity contribution is -0.142. The van der Waals surface area contributed by atoms with Crippen molar-refractivity contribution in [3.8, 4) is 27.3 Å². The molecule has 0 aliphatic heterocycles. The van der Waals surface area contributed by atoms with Gasteiger partial charge in [0.25, 0.3) is 5.56 Å². The van der Waals surface area contributed by atoms with Gasteiger partial charge in [-0.3, -0.25) is 9.59 Å². The number of pyridine rings is 1. The van der Waals surface area contributed by atoms with Crippen molar-refractivity contribution >= 4 is 49.9 Å². The molecule has 7 heteroatoms. The maximum atomic E-state index is 12.9. The van der Waals surface area contributed by atoms with Crippen molar-refractivity contribution in [2.24, 2.45) is 0 Å². The number of hydrogen-bond acceptors (Lipinski definition) is 5. The van der Waals surface area contributed by atoms with Crippen LogP contribution in [0.1, 0.15) is 12.5 Å². The highest BCUT2D eigenvalue weighted by Gasteiger charge is 2.14. The lowest BCUT2D eigenvalue weighted by Gasteiger charge is -2.09. The van der Waals surface area contributed by atoms with E-state index in [1.165, 1.54) is 0 Å². The predicted octanol–water partition coefficient (Wildman–Crippen LogP) is 6.84. The van der Waals surface area contributed by atoms with Gasteiger partial charge in [-0.1, -0.05) is 48.0 Å². The molecule has 2 heterocycles. The molecule has 176 valence electrons. The first-order chi connectivity index (χ1) is 17.0. The number of nitrogens with one attached hydrogen (secondary N) is 1. The molecule has 0 spiro atoms. The third-order valence-electron chi connectivity index (χ3n) is 5.82. The van der Waals surface area contributed by atoms with Crippen molar-refractivity contribution in [3.05, 3.63) is 87.7 Å². The third kappa shape index (κ3) is 4.55. The number of aromatic amines is 1. The van der Waals surface area contributed by atoms with Crippen LogP contribution in [-0.2, 0) is 16.0 Å². The van der Waals surface area contributed by atoms with Crippen molar-refractivity contribution in [1.82, 2.24) is 4.98 Å². The van der Waals surface area contributed by atoms with Crippen LogP contribution in [0, 0.1) is 0 Å². The normalized spacial score (nSPS) is 11.2. The summed E-state index contributed by atoms with van der Waals surface area (Å²) in [7, 11) is 1.66. The van der Waals surface area contributed by atoms with E-state index < -0.39 is 0 Å². The maximum absolute atomic E-state index is 12.9. The van der Waals surface area contributed by atoms with Crippen molar-refractivity contribution in [3.63, 3.8) is 0 Å². The van der Waals surface area contributed by atoms with E-state index in [0.717, 1.165) is 42.8 Å². The van der Waals surface area contributed by atoms with E-state index in [4.69, 9.17) is 21.1 Å². The third-order valence-corrected chi connectivity index (χ3v) is 7.33. The Morgan fingerprint density at radius 2 is 1.80 bits per heavy atom. The number of aromatic nitrogens is 1. The van der Waals surface area contributed by atoms with Crippen molar-refractivity contribution < 1.29 is 14.3 Å². The van der Waals surface area contributed by atoms with Crippen LogP contribution < -0.4 is 10.3 Å². The molecule has 5 nitrogen and oxygen atoms in total. The van der Waals surface area contributed by atoms with E-state index in [0.29, 0.717) is 22.7 Å². The van der Waals surface area contributed by atoms with Gasteiger partial charge in [-0.15, -0.1) is 11.3 Å². The standard InChI is InChI=1S/C28H22ClNO4S/c1-3-34-26(31)11-16-6-4-7-17(10-16)20-12-19-13-21(22(29)15-23(19)30-28(20)32)25-14-18-8-5-9-24(33-2)27(18)35-25/h4-10,12-15H,3,11H2,1-2H3,(H,30,32). The fourth-order valence-electron chi connectivity index (χ4n) is 4.19. The second-order valence-corrected chi connectivity index (χ2v) is 9.56. The monoisotopic (exact) mass is 503 g/mol. The summed E-state index contributed by atoms with van der Waals surface area (Å²) in [4.78, 5) is 28.8. The van der Waals surface area contributed by atoms with E-state index in [1.54, 1.807) is 31.4 Å². The average molecular weight is 504 g/mol. The SMILES string of the molecule is CCOC(=O)Cc1cccc(-c2cc3cc(-c4cc5cccc(OC)c5s4)c(Cl)cc3[nH]c2=O)c1. The molecule has 0 aliphatic rings. The zero-order valence-electron chi connectivity index (χ0n) is 19.2. The summed E-state index contributed by atoms with van der Waals surface area (Å²) in [5.74, 6) is 0.529. The number of hydrogen-bond donors (Lipinski definition) is 1. The van der Waals surface area contributed by atoms with Gasteiger partial charge in [0.15, 0.2) is 0 Å². The average Bonchev–Trinajstić information content (AvgIpc) is 3.28. The Balaban J connectivity index is 1.59. The molecule has 5 aromatic rings. The van der Waals surface area contributed by atoms with Gasteiger partial charge in [0.1, 0.15) is 5.75 Å². The van der Waals surface area contributed by atoms with Gasteiger partial charge >= 0.3 is 5.97 Å². The highest BCUT2D eigenvalue weighted by atomic mass is 35.5. The summed E-state index contributed by atoms with van der Waals surface area (Å²) < 4.78 is 11.6. The molecule has 0 saturated heterocycles. The minimum Gasteiger partial charge on any atom is -0.495 e. The fraction of sp³-hybridized carbons (Fsp3) is 0.143.